The first kappa shape index (κ1) is 25.3. The van der Waals surface area contributed by atoms with Gasteiger partial charge in [0.05, 0.1) is 10.6 Å². The van der Waals surface area contributed by atoms with Crippen LogP contribution in [0, 0.1) is 6.92 Å². The number of hydrogen-bond acceptors (Lipinski definition) is 10. The zero-order valence-electron chi connectivity index (χ0n) is 20.4. The minimum absolute atomic E-state index is 0.159. The SMILES string of the molecule is Cc1ccc(N2CCN(CCC3=C(c4ccccc4)N=C(N)S34OC(=O)C(O)C(O)C(=O)O4)CC2)cc1. The van der Waals surface area contributed by atoms with Gasteiger partial charge in [-0.3, -0.25) is 4.90 Å². The number of nitrogens with two attached hydrogens (primary N) is 1. The number of amidine groups is 1. The number of aliphatic hydroxyl groups excluding tert-OH is 2. The second kappa shape index (κ2) is 10.2. The zero-order valence-corrected chi connectivity index (χ0v) is 21.3. The van der Waals surface area contributed by atoms with Crippen molar-refractivity contribution in [3.63, 3.8) is 0 Å². The Morgan fingerprint density at radius 1 is 0.946 bits per heavy atom. The summed E-state index contributed by atoms with van der Waals surface area (Å²) in [5, 5.41) is 19.9. The van der Waals surface area contributed by atoms with E-state index in [0.717, 1.165) is 31.7 Å². The Bertz CT molecular complexity index is 1220. The van der Waals surface area contributed by atoms with E-state index in [1.54, 1.807) is 0 Å². The number of benzene rings is 2. The van der Waals surface area contributed by atoms with Gasteiger partial charge < -0.3 is 29.2 Å². The lowest BCUT2D eigenvalue weighted by atomic mass is 10.1. The lowest BCUT2D eigenvalue weighted by Crippen LogP contribution is -2.46. The Labute approximate surface area is 216 Å². The lowest BCUT2D eigenvalue weighted by Gasteiger charge is -2.39. The molecule has 2 aromatic rings. The molecule has 2 atom stereocenters. The third-order valence-corrected chi connectivity index (χ3v) is 9.23. The molecule has 2 saturated heterocycles. The topological polar surface area (TPSA) is 138 Å². The first-order valence-electron chi connectivity index (χ1n) is 12.1. The van der Waals surface area contributed by atoms with Gasteiger partial charge in [-0.25, -0.2) is 14.6 Å². The van der Waals surface area contributed by atoms with E-state index in [9.17, 15) is 19.8 Å². The number of anilines is 1. The maximum absolute atomic E-state index is 12.6. The van der Waals surface area contributed by atoms with Crippen molar-refractivity contribution in [1.29, 1.82) is 0 Å². The third kappa shape index (κ3) is 4.82. The molecule has 0 radical (unpaired) electrons. The summed E-state index contributed by atoms with van der Waals surface area (Å²) in [5.74, 6) is -2.35. The molecule has 2 unspecified atom stereocenters. The van der Waals surface area contributed by atoms with Gasteiger partial charge in [0.15, 0.2) is 12.2 Å². The quantitative estimate of drug-likeness (QED) is 0.531. The summed E-state index contributed by atoms with van der Waals surface area (Å²) in [7, 11) is -3.29. The minimum atomic E-state index is -3.29. The molecule has 1 spiro atoms. The van der Waals surface area contributed by atoms with Crippen molar-refractivity contribution in [2.24, 2.45) is 10.7 Å². The van der Waals surface area contributed by atoms with Gasteiger partial charge in [-0.15, -0.1) is 0 Å². The molecule has 0 saturated carbocycles. The van der Waals surface area contributed by atoms with Crippen LogP contribution in [0.3, 0.4) is 0 Å². The van der Waals surface area contributed by atoms with Crippen LogP contribution < -0.4 is 10.6 Å². The predicted octanol–water partition coefficient (Wildman–Crippen LogP) is 1.66. The maximum Gasteiger partial charge on any atom is 0.361 e. The summed E-state index contributed by atoms with van der Waals surface area (Å²) in [6, 6.07) is 17.7. The van der Waals surface area contributed by atoms with Gasteiger partial charge in [-0.2, -0.15) is 0 Å². The van der Waals surface area contributed by atoms with Gasteiger partial charge in [-0.1, -0.05) is 48.0 Å². The standard InChI is InChI=1S/C26H30N4O6S/c1-17-7-9-19(10-8-17)30-15-13-29(14-16-30)12-11-20-21(18-5-3-2-4-6-18)28-26(27)37(20)35-24(33)22(31)23(32)25(34)36-37/h2-10,22-23,31-32H,11-16H2,1H3,(H2,27,28). The van der Waals surface area contributed by atoms with Crippen molar-refractivity contribution in [3.8, 4) is 0 Å². The van der Waals surface area contributed by atoms with Gasteiger partial charge in [0, 0.05) is 50.4 Å². The summed E-state index contributed by atoms with van der Waals surface area (Å²) < 4.78 is 11.1. The van der Waals surface area contributed by atoms with E-state index in [2.05, 4.69) is 46.0 Å². The molecule has 0 bridgehead atoms. The number of carbonyl (C=O) groups excluding carboxylic acids is 2. The normalized spacial score (nSPS) is 28.4. The first-order valence-corrected chi connectivity index (χ1v) is 13.6. The predicted molar refractivity (Wildman–Crippen MR) is 141 cm³/mol. The molecule has 4 N–H and O–H groups in total. The van der Waals surface area contributed by atoms with Crippen molar-refractivity contribution in [2.75, 3.05) is 37.6 Å². The zero-order chi connectivity index (χ0) is 26.2. The minimum Gasteiger partial charge on any atom is -0.379 e. The van der Waals surface area contributed by atoms with Crippen LogP contribution in [0.1, 0.15) is 17.5 Å². The molecule has 3 aliphatic heterocycles. The number of piperazine rings is 1. The summed E-state index contributed by atoms with van der Waals surface area (Å²) in [4.78, 5) is 34.7. The Morgan fingerprint density at radius 2 is 1.54 bits per heavy atom. The molecule has 196 valence electrons. The van der Waals surface area contributed by atoms with Crippen LogP contribution in [0.2, 0.25) is 0 Å². The van der Waals surface area contributed by atoms with Gasteiger partial charge in [0.25, 0.3) is 0 Å². The van der Waals surface area contributed by atoms with Crippen LogP contribution in [0.5, 0.6) is 0 Å². The van der Waals surface area contributed by atoms with Crippen LogP contribution in [-0.2, 0) is 18.0 Å². The molecule has 3 aliphatic rings. The fraction of sp³-hybridized carbons (Fsp3) is 0.346. The number of aliphatic hydroxyl groups is 2. The third-order valence-electron chi connectivity index (χ3n) is 6.74. The number of rotatable bonds is 5. The molecule has 0 aromatic heterocycles. The molecule has 2 aromatic carbocycles. The molecule has 0 amide bonds. The molecule has 37 heavy (non-hydrogen) atoms. The average Bonchev–Trinajstić information content (AvgIpc) is 3.13. The van der Waals surface area contributed by atoms with Crippen LogP contribution in [0.15, 0.2) is 64.5 Å². The number of aryl methyl sites for hydroxylation is 1. The highest BCUT2D eigenvalue weighted by Crippen LogP contribution is 2.65. The van der Waals surface area contributed by atoms with Crippen molar-refractivity contribution in [1.82, 2.24) is 4.90 Å². The summed E-state index contributed by atoms with van der Waals surface area (Å²) >= 11 is 0. The van der Waals surface area contributed by atoms with Crippen LogP contribution in [-0.4, -0.2) is 77.2 Å². The maximum atomic E-state index is 12.6. The molecule has 10 nitrogen and oxygen atoms in total. The Kier molecular flexibility index (Phi) is 6.95. The highest BCUT2D eigenvalue weighted by molar-refractivity contribution is 8.42. The van der Waals surface area contributed by atoms with E-state index in [1.807, 2.05) is 30.3 Å². The Morgan fingerprint density at radius 3 is 2.14 bits per heavy atom. The van der Waals surface area contributed by atoms with E-state index < -0.39 is 34.7 Å². The van der Waals surface area contributed by atoms with E-state index >= 15 is 0 Å². The Hall–Kier alpha value is -3.38. The Balaban J connectivity index is 1.39. The summed E-state index contributed by atoms with van der Waals surface area (Å²) in [6.45, 7) is 6.00. The molecule has 2 fully saturated rings. The molecule has 3 heterocycles. The van der Waals surface area contributed by atoms with Gasteiger partial charge in [0.1, 0.15) is 0 Å². The van der Waals surface area contributed by atoms with Crippen molar-refractivity contribution in [3.05, 3.63) is 70.6 Å². The van der Waals surface area contributed by atoms with Crippen molar-refractivity contribution >= 4 is 39.1 Å². The monoisotopic (exact) mass is 526 g/mol. The molecular formula is C26H30N4O6S. The fourth-order valence-electron chi connectivity index (χ4n) is 4.60. The highest BCUT2D eigenvalue weighted by Gasteiger charge is 2.51. The number of hydrogen-bond donors (Lipinski definition) is 3. The summed E-state index contributed by atoms with van der Waals surface area (Å²) in [6.07, 6.45) is -3.77. The number of nitrogens with zero attached hydrogens (tertiary/aromatic N) is 3. The second-order valence-electron chi connectivity index (χ2n) is 9.20. The fourth-order valence-corrected chi connectivity index (χ4v) is 6.90. The van der Waals surface area contributed by atoms with E-state index in [-0.39, 0.29) is 5.17 Å². The molecule has 0 aliphatic carbocycles. The van der Waals surface area contributed by atoms with E-state index in [1.165, 1.54) is 11.3 Å². The van der Waals surface area contributed by atoms with Gasteiger partial charge in [0.2, 0.25) is 5.17 Å². The average molecular weight is 527 g/mol. The van der Waals surface area contributed by atoms with E-state index in [0.29, 0.717) is 23.6 Å². The second-order valence-corrected chi connectivity index (χ2v) is 11.5. The number of carbonyl (C=O) groups is 2. The van der Waals surface area contributed by atoms with Crippen LogP contribution >= 0.6 is 10.6 Å². The van der Waals surface area contributed by atoms with Gasteiger partial charge in [-0.05, 0) is 29.6 Å². The summed E-state index contributed by atoms with van der Waals surface area (Å²) in [5.41, 5.74) is 9.87. The lowest BCUT2D eigenvalue weighted by molar-refractivity contribution is -0.156. The smallest absolute Gasteiger partial charge is 0.361 e. The number of aliphatic imine (C=N–C) groups is 1. The van der Waals surface area contributed by atoms with E-state index in [4.69, 9.17) is 14.1 Å². The van der Waals surface area contributed by atoms with Crippen LogP contribution in [0.25, 0.3) is 5.70 Å². The van der Waals surface area contributed by atoms with Crippen molar-refractivity contribution < 1.29 is 28.2 Å². The van der Waals surface area contributed by atoms with Gasteiger partial charge >= 0.3 is 11.9 Å². The first-order chi connectivity index (χ1) is 17.8. The molecular weight excluding hydrogens is 496 g/mol. The molecule has 5 rings (SSSR count). The largest absolute Gasteiger partial charge is 0.379 e. The molecule has 11 heteroatoms. The van der Waals surface area contributed by atoms with Crippen LogP contribution in [0.4, 0.5) is 5.69 Å². The highest BCUT2D eigenvalue weighted by atomic mass is 32.3. The van der Waals surface area contributed by atoms with Crippen molar-refractivity contribution in [2.45, 2.75) is 25.6 Å².